The van der Waals surface area contributed by atoms with Gasteiger partial charge in [0, 0.05) is 11.8 Å². The summed E-state index contributed by atoms with van der Waals surface area (Å²) in [5.74, 6) is 0.395. The normalized spacial score (nSPS) is 12.6. The average molecular weight is 293 g/mol. The Kier molecular flexibility index (Phi) is 12.3. The smallest absolute Gasteiger partial charge is 0.138 e. The largest absolute Gasteiger partial charge is 0.299 e. The van der Waals surface area contributed by atoms with Gasteiger partial charge in [0.15, 0.2) is 0 Å². The maximum absolute atomic E-state index is 11.7. The minimum Gasteiger partial charge on any atom is -0.299 e. The third kappa shape index (κ3) is 13.9. The van der Waals surface area contributed by atoms with Gasteiger partial charge in [0.1, 0.15) is 5.78 Å². The zero-order chi connectivity index (χ0) is 16.0. The van der Waals surface area contributed by atoms with Crippen molar-refractivity contribution in [1.82, 2.24) is 0 Å². The fourth-order valence-electron chi connectivity index (χ4n) is 2.12. The van der Waals surface area contributed by atoms with Gasteiger partial charge in [0.2, 0.25) is 0 Å². The van der Waals surface area contributed by atoms with Gasteiger partial charge >= 0.3 is 0 Å². The summed E-state index contributed by atoms with van der Waals surface area (Å²) in [7, 11) is 0. The van der Waals surface area contributed by atoms with E-state index < -0.39 is 0 Å². The van der Waals surface area contributed by atoms with Crippen LogP contribution >= 0.6 is 0 Å². The first kappa shape index (κ1) is 20.1. The average Bonchev–Trinajstić information content (AvgIpc) is 2.42. The van der Waals surface area contributed by atoms with Gasteiger partial charge in [0.25, 0.3) is 0 Å². The summed E-state index contributed by atoms with van der Waals surface area (Å²) in [5, 5.41) is 0. The van der Waals surface area contributed by atoms with E-state index in [1.807, 2.05) is 20.8 Å². The summed E-state index contributed by atoms with van der Waals surface area (Å²) >= 11 is 0. The number of ketones is 1. The second-order valence-corrected chi connectivity index (χ2v) is 6.95. The predicted octanol–water partition coefficient (Wildman–Crippen LogP) is 6.63. The molecule has 0 rings (SSSR count). The molecular weight excluding hydrogens is 256 g/mol. The molecule has 0 radical (unpaired) electrons. The van der Waals surface area contributed by atoms with E-state index in [1.165, 1.54) is 38.5 Å². The predicted molar refractivity (Wildman–Crippen MR) is 94.6 cm³/mol. The van der Waals surface area contributed by atoms with E-state index in [0.717, 1.165) is 25.7 Å². The van der Waals surface area contributed by atoms with Crippen LogP contribution in [0, 0.1) is 5.41 Å². The molecule has 0 heterocycles. The number of rotatable bonds is 12. The lowest BCUT2D eigenvalue weighted by atomic mass is 9.88. The second kappa shape index (κ2) is 12.9. The summed E-state index contributed by atoms with van der Waals surface area (Å²) in [6, 6.07) is 0. The van der Waals surface area contributed by atoms with Crippen LogP contribution in [0.1, 0.15) is 91.9 Å². The first-order valence-corrected chi connectivity index (χ1v) is 8.81. The summed E-state index contributed by atoms with van der Waals surface area (Å²) in [6.45, 7) is 8.26. The first-order valence-electron chi connectivity index (χ1n) is 8.81. The van der Waals surface area contributed by atoms with Gasteiger partial charge in [0.05, 0.1) is 0 Å². The topological polar surface area (TPSA) is 17.1 Å². The van der Waals surface area contributed by atoms with Gasteiger partial charge in [-0.2, -0.15) is 0 Å². The Morgan fingerprint density at radius 1 is 0.810 bits per heavy atom. The monoisotopic (exact) mass is 292 g/mol. The Morgan fingerprint density at radius 3 is 1.90 bits per heavy atom. The van der Waals surface area contributed by atoms with E-state index in [0.29, 0.717) is 5.78 Å². The van der Waals surface area contributed by atoms with Crippen LogP contribution in [0.3, 0.4) is 0 Å². The van der Waals surface area contributed by atoms with E-state index >= 15 is 0 Å². The van der Waals surface area contributed by atoms with Crippen molar-refractivity contribution >= 4 is 5.78 Å². The lowest BCUT2D eigenvalue weighted by Crippen LogP contribution is -2.19. The van der Waals surface area contributed by atoms with Gasteiger partial charge in [-0.1, -0.05) is 71.3 Å². The highest BCUT2D eigenvalue weighted by atomic mass is 16.1. The van der Waals surface area contributed by atoms with Crippen molar-refractivity contribution in [3.8, 4) is 0 Å². The molecule has 0 aliphatic rings. The quantitative estimate of drug-likeness (QED) is 0.291. The lowest BCUT2D eigenvalue weighted by molar-refractivity contribution is -0.126. The van der Waals surface area contributed by atoms with Gasteiger partial charge in [-0.3, -0.25) is 4.79 Å². The molecule has 0 saturated heterocycles. The van der Waals surface area contributed by atoms with Crippen LogP contribution in [0.5, 0.6) is 0 Å². The van der Waals surface area contributed by atoms with Crippen molar-refractivity contribution in [1.29, 1.82) is 0 Å². The minimum absolute atomic E-state index is 0.163. The van der Waals surface area contributed by atoms with Crippen LogP contribution in [-0.2, 0) is 4.79 Å². The SMILES string of the molecule is CCCCC/C=C\C/C=C\CCCCCC(=O)C(C)(C)C. The molecule has 0 aromatic rings. The Hall–Kier alpha value is -0.850. The van der Waals surface area contributed by atoms with E-state index in [9.17, 15) is 4.79 Å². The molecule has 1 heteroatoms. The number of hydrogen-bond acceptors (Lipinski definition) is 1. The number of carbonyl (C=O) groups excluding carboxylic acids is 1. The fourth-order valence-corrected chi connectivity index (χ4v) is 2.12. The molecule has 0 amide bonds. The van der Waals surface area contributed by atoms with E-state index in [4.69, 9.17) is 0 Å². The highest BCUT2D eigenvalue weighted by molar-refractivity contribution is 5.83. The number of unbranched alkanes of at least 4 members (excludes halogenated alkanes) is 6. The zero-order valence-corrected chi connectivity index (χ0v) is 14.8. The van der Waals surface area contributed by atoms with Gasteiger partial charge in [-0.05, 0) is 38.5 Å². The molecule has 0 fully saturated rings. The molecule has 1 nitrogen and oxygen atoms in total. The highest BCUT2D eigenvalue weighted by Gasteiger charge is 2.19. The van der Waals surface area contributed by atoms with Crippen LogP contribution in [0.25, 0.3) is 0 Å². The molecule has 0 unspecified atom stereocenters. The third-order valence-corrected chi connectivity index (χ3v) is 3.69. The second-order valence-electron chi connectivity index (χ2n) is 6.95. The van der Waals surface area contributed by atoms with E-state index in [-0.39, 0.29) is 5.41 Å². The van der Waals surface area contributed by atoms with Crippen molar-refractivity contribution < 1.29 is 4.79 Å². The zero-order valence-electron chi connectivity index (χ0n) is 14.8. The Labute approximate surface area is 132 Å². The minimum atomic E-state index is -0.163. The summed E-state index contributed by atoms with van der Waals surface area (Å²) < 4.78 is 0. The van der Waals surface area contributed by atoms with Crippen molar-refractivity contribution in [3.63, 3.8) is 0 Å². The van der Waals surface area contributed by atoms with E-state index in [2.05, 4.69) is 31.2 Å². The molecule has 0 aliphatic carbocycles. The number of Topliss-reactive ketones (excluding diaryl/α,β-unsaturated/α-hetero) is 1. The number of hydrogen-bond donors (Lipinski definition) is 0. The van der Waals surface area contributed by atoms with Crippen LogP contribution < -0.4 is 0 Å². The number of allylic oxidation sites excluding steroid dienone is 4. The molecule has 122 valence electrons. The van der Waals surface area contributed by atoms with Crippen LogP contribution in [0.2, 0.25) is 0 Å². The van der Waals surface area contributed by atoms with Gasteiger partial charge < -0.3 is 0 Å². The van der Waals surface area contributed by atoms with Crippen molar-refractivity contribution in [3.05, 3.63) is 24.3 Å². The molecule has 0 aromatic carbocycles. The Morgan fingerprint density at radius 2 is 1.38 bits per heavy atom. The van der Waals surface area contributed by atoms with Crippen LogP contribution in [-0.4, -0.2) is 5.78 Å². The fraction of sp³-hybridized carbons (Fsp3) is 0.750. The standard InChI is InChI=1S/C20H36O/c1-5-6-7-8-9-10-11-12-13-14-15-16-17-18-19(21)20(2,3)4/h9-10,12-13H,5-8,11,14-18H2,1-4H3/b10-9-,13-12-. The Balaban J connectivity index is 3.39. The molecule has 0 atom stereocenters. The maximum atomic E-state index is 11.7. The lowest BCUT2D eigenvalue weighted by Gasteiger charge is -2.15. The molecular formula is C20H36O. The van der Waals surface area contributed by atoms with Crippen LogP contribution in [0.15, 0.2) is 24.3 Å². The van der Waals surface area contributed by atoms with Crippen molar-refractivity contribution in [2.75, 3.05) is 0 Å². The van der Waals surface area contributed by atoms with Gasteiger partial charge in [-0.15, -0.1) is 0 Å². The van der Waals surface area contributed by atoms with Gasteiger partial charge in [-0.25, -0.2) is 0 Å². The molecule has 0 saturated carbocycles. The molecule has 0 N–H and O–H groups in total. The summed E-state index contributed by atoms with van der Waals surface area (Å²) in [4.78, 5) is 11.7. The molecule has 0 aliphatic heterocycles. The molecule has 0 spiro atoms. The molecule has 0 bridgehead atoms. The molecule has 21 heavy (non-hydrogen) atoms. The van der Waals surface area contributed by atoms with E-state index in [1.54, 1.807) is 0 Å². The van der Waals surface area contributed by atoms with Crippen molar-refractivity contribution in [2.24, 2.45) is 5.41 Å². The third-order valence-electron chi connectivity index (χ3n) is 3.69. The van der Waals surface area contributed by atoms with Crippen LogP contribution in [0.4, 0.5) is 0 Å². The maximum Gasteiger partial charge on any atom is 0.138 e. The Bertz CT molecular complexity index is 304. The number of carbonyl (C=O) groups is 1. The molecule has 0 aromatic heterocycles. The first-order chi connectivity index (χ1) is 9.98. The van der Waals surface area contributed by atoms with Crippen molar-refractivity contribution in [2.45, 2.75) is 91.9 Å². The summed E-state index contributed by atoms with van der Waals surface area (Å²) in [5.41, 5.74) is -0.163. The summed E-state index contributed by atoms with van der Waals surface area (Å²) in [6.07, 6.45) is 20.7. The highest BCUT2D eigenvalue weighted by Crippen LogP contribution is 2.18.